The summed E-state index contributed by atoms with van der Waals surface area (Å²) in [5, 5.41) is 7.14. The van der Waals surface area contributed by atoms with Gasteiger partial charge in [-0.15, -0.1) is 0 Å². The Bertz CT molecular complexity index is 1280. The number of benzene rings is 3. The smallest absolute Gasteiger partial charge is 0.274 e. The number of carbonyl (C=O) groups excluding carboxylic acids is 1. The zero-order chi connectivity index (χ0) is 24.4. The fourth-order valence-electron chi connectivity index (χ4n) is 4.96. The Balaban J connectivity index is 1.56. The molecule has 1 aliphatic carbocycles. The lowest BCUT2D eigenvalue weighted by atomic mass is 9.77. The van der Waals surface area contributed by atoms with E-state index >= 15 is 0 Å². The van der Waals surface area contributed by atoms with Gasteiger partial charge in [-0.2, -0.15) is 5.10 Å². The maximum absolute atomic E-state index is 13.7. The molecule has 178 valence electrons. The van der Waals surface area contributed by atoms with Crippen LogP contribution in [-0.4, -0.2) is 30.8 Å². The normalized spacial score (nSPS) is 20.4. The molecule has 2 atom stereocenters. The van der Waals surface area contributed by atoms with Crippen molar-refractivity contribution in [2.75, 3.05) is 14.2 Å². The monoisotopic (exact) mass is 486 g/mol. The number of amides is 1. The second-order valence-electron chi connectivity index (χ2n) is 8.80. The molecule has 3 aromatic rings. The fourth-order valence-corrected chi connectivity index (χ4v) is 5.15. The Morgan fingerprint density at radius 2 is 1.69 bits per heavy atom. The lowest BCUT2D eigenvalue weighted by molar-refractivity contribution is 0.0681. The lowest BCUT2D eigenvalue weighted by Crippen LogP contribution is -2.31. The van der Waals surface area contributed by atoms with Gasteiger partial charge in [-0.05, 0) is 84.5 Å². The van der Waals surface area contributed by atoms with E-state index in [9.17, 15) is 4.79 Å². The number of allylic oxidation sites excluding steroid dienone is 1. The second kappa shape index (κ2) is 9.96. The number of fused-ring (bicyclic) bond motifs is 1. The third kappa shape index (κ3) is 4.69. The van der Waals surface area contributed by atoms with E-state index in [0.29, 0.717) is 10.6 Å². The molecule has 5 nitrogen and oxygen atoms in total. The fraction of sp³-hybridized carbons (Fsp3) is 0.241. The summed E-state index contributed by atoms with van der Waals surface area (Å²) in [7, 11) is 3.31. The highest BCUT2D eigenvalue weighted by atomic mass is 35.5. The highest BCUT2D eigenvalue weighted by molar-refractivity contribution is 6.31. The van der Waals surface area contributed by atoms with Gasteiger partial charge < -0.3 is 9.47 Å². The molecule has 6 heteroatoms. The van der Waals surface area contributed by atoms with Gasteiger partial charge in [-0.25, -0.2) is 5.01 Å². The van der Waals surface area contributed by atoms with E-state index in [-0.39, 0.29) is 17.9 Å². The van der Waals surface area contributed by atoms with Crippen LogP contribution in [0.15, 0.2) is 83.5 Å². The molecule has 1 amide bonds. The number of hydrogen-bond acceptors (Lipinski definition) is 4. The topological polar surface area (TPSA) is 51.1 Å². The Hall–Kier alpha value is -3.57. The van der Waals surface area contributed by atoms with Crippen molar-refractivity contribution >= 4 is 29.3 Å². The molecule has 0 bridgehead atoms. The first-order chi connectivity index (χ1) is 17.1. The Morgan fingerprint density at radius 3 is 2.34 bits per heavy atom. The maximum Gasteiger partial charge on any atom is 0.274 e. The van der Waals surface area contributed by atoms with Gasteiger partial charge in [0.1, 0.15) is 11.5 Å². The summed E-state index contributed by atoms with van der Waals surface area (Å²) in [6, 6.07) is 22.8. The largest absolute Gasteiger partial charge is 0.497 e. The van der Waals surface area contributed by atoms with Crippen molar-refractivity contribution in [3.05, 3.63) is 100 Å². The van der Waals surface area contributed by atoms with Crippen molar-refractivity contribution in [3.8, 4) is 11.5 Å². The molecule has 0 saturated heterocycles. The van der Waals surface area contributed by atoms with Crippen LogP contribution in [0.3, 0.4) is 0 Å². The first kappa shape index (κ1) is 23.2. The average Bonchev–Trinajstić information content (AvgIpc) is 3.29. The SMILES string of the molecule is COc1ccc(C=C2CCCC3C2=NN(C(=O)c2cccc(Cl)c2)C3c2ccc(OC)cc2)cc1. The van der Waals surface area contributed by atoms with Gasteiger partial charge in [-0.3, -0.25) is 4.79 Å². The van der Waals surface area contributed by atoms with E-state index in [1.807, 2.05) is 48.5 Å². The second-order valence-corrected chi connectivity index (χ2v) is 9.24. The number of hydrogen-bond donors (Lipinski definition) is 0. The minimum atomic E-state index is -0.193. The Kier molecular flexibility index (Phi) is 6.60. The van der Waals surface area contributed by atoms with Crippen LogP contribution < -0.4 is 9.47 Å². The van der Waals surface area contributed by atoms with E-state index in [2.05, 4.69) is 6.08 Å². The Labute approximate surface area is 210 Å². The Morgan fingerprint density at radius 1 is 1.00 bits per heavy atom. The molecule has 5 rings (SSSR count). The van der Waals surface area contributed by atoms with Crippen LogP contribution >= 0.6 is 11.6 Å². The van der Waals surface area contributed by atoms with E-state index in [4.69, 9.17) is 26.2 Å². The summed E-state index contributed by atoms with van der Waals surface area (Å²) < 4.78 is 10.6. The molecule has 1 saturated carbocycles. The van der Waals surface area contributed by atoms with Crippen molar-refractivity contribution in [3.63, 3.8) is 0 Å². The quantitative estimate of drug-likeness (QED) is 0.398. The van der Waals surface area contributed by atoms with Crippen LogP contribution in [0.2, 0.25) is 5.02 Å². The molecule has 0 spiro atoms. The van der Waals surface area contributed by atoms with Crippen LogP contribution in [0.1, 0.15) is 46.8 Å². The molecule has 1 aliphatic heterocycles. The summed E-state index contributed by atoms with van der Waals surface area (Å²) in [6.45, 7) is 0. The zero-order valence-electron chi connectivity index (χ0n) is 19.8. The first-order valence-corrected chi connectivity index (χ1v) is 12.1. The number of halogens is 1. The molecular formula is C29H27ClN2O3. The van der Waals surface area contributed by atoms with Gasteiger partial charge >= 0.3 is 0 Å². The van der Waals surface area contributed by atoms with E-state index in [1.165, 1.54) is 5.57 Å². The number of methoxy groups -OCH3 is 2. The number of rotatable bonds is 5. The van der Waals surface area contributed by atoms with Gasteiger partial charge in [0.05, 0.1) is 26.0 Å². The highest BCUT2D eigenvalue weighted by Gasteiger charge is 2.44. The zero-order valence-corrected chi connectivity index (χ0v) is 20.5. The summed E-state index contributed by atoms with van der Waals surface area (Å²) in [4.78, 5) is 13.7. The summed E-state index contributed by atoms with van der Waals surface area (Å²) in [5.41, 5.74) is 4.81. The van der Waals surface area contributed by atoms with Crippen molar-refractivity contribution in [1.82, 2.24) is 5.01 Å². The molecule has 2 unspecified atom stereocenters. The van der Waals surface area contributed by atoms with Crippen molar-refractivity contribution in [2.45, 2.75) is 25.3 Å². The number of ether oxygens (including phenoxy) is 2. The molecule has 0 aromatic heterocycles. The number of nitrogens with zero attached hydrogens (tertiary/aromatic N) is 2. The van der Waals surface area contributed by atoms with Crippen molar-refractivity contribution in [1.29, 1.82) is 0 Å². The van der Waals surface area contributed by atoms with Crippen molar-refractivity contribution < 1.29 is 14.3 Å². The predicted molar refractivity (Wildman–Crippen MR) is 139 cm³/mol. The van der Waals surface area contributed by atoms with Crippen LogP contribution in [-0.2, 0) is 0 Å². The predicted octanol–water partition coefficient (Wildman–Crippen LogP) is 6.79. The molecule has 1 heterocycles. The third-order valence-corrected chi connectivity index (χ3v) is 6.93. The summed E-state index contributed by atoms with van der Waals surface area (Å²) in [5.74, 6) is 1.57. The van der Waals surface area contributed by atoms with Crippen molar-refractivity contribution in [2.24, 2.45) is 11.0 Å². The lowest BCUT2D eigenvalue weighted by Gasteiger charge is -2.29. The average molecular weight is 487 g/mol. The van der Waals surface area contributed by atoms with Gasteiger partial charge in [0.2, 0.25) is 0 Å². The molecular weight excluding hydrogens is 460 g/mol. The molecule has 2 aliphatic rings. The van der Waals surface area contributed by atoms with E-state index < -0.39 is 0 Å². The minimum Gasteiger partial charge on any atom is -0.497 e. The van der Waals surface area contributed by atoms with Crippen LogP contribution in [0, 0.1) is 5.92 Å². The van der Waals surface area contributed by atoms with Gasteiger partial charge in [0, 0.05) is 16.5 Å². The van der Waals surface area contributed by atoms with Crippen LogP contribution in [0.25, 0.3) is 6.08 Å². The highest BCUT2D eigenvalue weighted by Crippen LogP contribution is 2.45. The van der Waals surface area contributed by atoms with E-state index in [0.717, 1.165) is 47.6 Å². The summed E-state index contributed by atoms with van der Waals surface area (Å²) >= 11 is 6.20. The minimum absolute atomic E-state index is 0.116. The number of hydrazone groups is 1. The molecule has 0 radical (unpaired) electrons. The van der Waals surface area contributed by atoms with Gasteiger partial charge in [-0.1, -0.05) is 41.9 Å². The van der Waals surface area contributed by atoms with Crippen LogP contribution in [0.5, 0.6) is 11.5 Å². The van der Waals surface area contributed by atoms with E-state index in [1.54, 1.807) is 43.5 Å². The molecule has 3 aromatic carbocycles. The van der Waals surface area contributed by atoms with Gasteiger partial charge in [0.15, 0.2) is 0 Å². The third-order valence-electron chi connectivity index (χ3n) is 6.70. The maximum atomic E-state index is 13.7. The molecule has 1 fully saturated rings. The number of carbonyl (C=O) groups is 1. The van der Waals surface area contributed by atoms with Gasteiger partial charge in [0.25, 0.3) is 5.91 Å². The standard InChI is InChI=1S/C29H27ClN2O3/c1-34-24-13-9-19(10-14-24)17-21-5-4-8-26-27(21)31-32(29(33)22-6-3-7-23(30)18-22)28(26)20-11-15-25(35-2)16-12-20/h3,6-7,9-18,26,28H,4-5,8H2,1-2H3. The van der Waals surface area contributed by atoms with Crippen LogP contribution in [0.4, 0.5) is 0 Å². The molecule has 0 N–H and O–H groups in total. The first-order valence-electron chi connectivity index (χ1n) is 11.7. The molecule has 35 heavy (non-hydrogen) atoms. The summed E-state index contributed by atoms with van der Waals surface area (Å²) in [6.07, 6.45) is 5.12.